The maximum atomic E-state index is 12.4. The van der Waals surface area contributed by atoms with Crippen LogP contribution in [0, 0.1) is 0 Å². The van der Waals surface area contributed by atoms with E-state index in [1.54, 1.807) is 72.8 Å². The Morgan fingerprint density at radius 1 is 0.567 bits per heavy atom. The third kappa shape index (κ3) is 3.20. The maximum Gasteiger partial charge on any atom is 0.337 e. The molecule has 0 unspecified atom stereocenters. The zero-order valence-corrected chi connectivity index (χ0v) is 16.9. The van der Waals surface area contributed by atoms with Crippen molar-refractivity contribution in [3.8, 4) is 22.3 Å². The molecule has 0 spiro atoms. The number of rotatable bonds is 4. The van der Waals surface area contributed by atoms with Gasteiger partial charge in [0, 0.05) is 26.7 Å². The molecule has 0 aliphatic rings. The normalized spacial score (nSPS) is 10.9. The smallest absolute Gasteiger partial charge is 0.337 e. The molecule has 148 valence electrons. The van der Waals surface area contributed by atoms with Crippen LogP contribution in [-0.4, -0.2) is 22.2 Å². The highest BCUT2D eigenvalue weighted by Crippen LogP contribution is 2.46. The molecule has 0 aliphatic carbocycles. The van der Waals surface area contributed by atoms with Crippen molar-refractivity contribution in [2.45, 2.75) is 0 Å². The zero-order chi connectivity index (χ0) is 21.4. The van der Waals surface area contributed by atoms with Crippen molar-refractivity contribution in [2.75, 3.05) is 0 Å². The molecule has 0 aromatic heterocycles. The molecule has 30 heavy (non-hydrogen) atoms. The summed E-state index contributed by atoms with van der Waals surface area (Å²) >= 11 is 12.9. The second-order valence-corrected chi connectivity index (χ2v) is 7.43. The first-order valence-corrected chi connectivity index (χ1v) is 9.72. The molecule has 4 rings (SSSR count). The number of hydrogen-bond acceptors (Lipinski definition) is 2. The third-order valence-corrected chi connectivity index (χ3v) is 5.59. The van der Waals surface area contributed by atoms with Crippen LogP contribution >= 0.6 is 23.2 Å². The highest BCUT2D eigenvalue weighted by molar-refractivity contribution is 6.36. The van der Waals surface area contributed by atoms with Crippen LogP contribution in [0.1, 0.15) is 20.7 Å². The summed E-state index contributed by atoms with van der Waals surface area (Å²) in [5, 5.41) is 21.7. The Bertz CT molecular complexity index is 1330. The fourth-order valence-corrected chi connectivity index (χ4v) is 4.21. The van der Waals surface area contributed by atoms with Gasteiger partial charge in [0.05, 0.1) is 11.1 Å². The van der Waals surface area contributed by atoms with Crippen molar-refractivity contribution in [1.29, 1.82) is 0 Å². The summed E-state index contributed by atoms with van der Waals surface area (Å²) in [6.45, 7) is 0. The summed E-state index contributed by atoms with van der Waals surface area (Å²) in [6, 6.07) is 20.6. The number of carbonyl (C=O) groups is 2. The lowest BCUT2D eigenvalue weighted by Crippen LogP contribution is -2.12. The van der Waals surface area contributed by atoms with Crippen molar-refractivity contribution in [1.82, 2.24) is 0 Å². The van der Waals surface area contributed by atoms with Gasteiger partial charge in [0.15, 0.2) is 0 Å². The van der Waals surface area contributed by atoms with Crippen LogP contribution in [0.25, 0.3) is 33.0 Å². The second kappa shape index (κ2) is 7.82. The van der Waals surface area contributed by atoms with E-state index < -0.39 is 11.9 Å². The fraction of sp³-hybridized carbons (Fsp3) is 0. The monoisotopic (exact) mass is 436 g/mol. The third-order valence-electron chi connectivity index (χ3n) is 4.93. The number of fused-ring (bicyclic) bond motifs is 1. The van der Waals surface area contributed by atoms with Gasteiger partial charge in [0.1, 0.15) is 0 Å². The van der Waals surface area contributed by atoms with Crippen LogP contribution in [0.3, 0.4) is 0 Å². The van der Waals surface area contributed by atoms with Gasteiger partial charge in [-0.25, -0.2) is 9.59 Å². The molecule has 2 N–H and O–H groups in total. The van der Waals surface area contributed by atoms with E-state index in [0.717, 1.165) is 0 Å². The molecule has 0 fully saturated rings. The van der Waals surface area contributed by atoms with E-state index in [4.69, 9.17) is 23.2 Å². The minimum atomic E-state index is -1.36. The second-order valence-electron chi connectivity index (χ2n) is 6.62. The Kier molecular flexibility index (Phi) is 5.20. The highest BCUT2D eigenvalue weighted by Gasteiger charge is 2.30. The van der Waals surface area contributed by atoms with Crippen LogP contribution < -0.4 is 0 Å². The largest absolute Gasteiger partial charge is 0.478 e. The Labute approximate surface area is 181 Å². The van der Waals surface area contributed by atoms with E-state index in [2.05, 4.69) is 0 Å². The summed E-state index contributed by atoms with van der Waals surface area (Å²) in [4.78, 5) is 24.6. The topological polar surface area (TPSA) is 74.6 Å². The first-order valence-electron chi connectivity index (χ1n) is 8.97. The van der Waals surface area contributed by atoms with Crippen LogP contribution in [0.4, 0.5) is 0 Å². The lowest BCUT2D eigenvalue weighted by molar-refractivity contribution is 0.0654. The van der Waals surface area contributed by atoms with Gasteiger partial charge in [-0.2, -0.15) is 0 Å². The predicted molar refractivity (Wildman–Crippen MR) is 119 cm³/mol. The van der Waals surface area contributed by atoms with Gasteiger partial charge in [-0.1, -0.05) is 83.9 Å². The summed E-state index contributed by atoms with van der Waals surface area (Å²) in [5.74, 6) is -2.69. The van der Waals surface area contributed by atoms with Crippen molar-refractivity contribution < 1.29 is 19.8 Å². The van der Waals surface area contributed by atoms with Gasteiger partial charge in [-0.05, 0) is 28.5 Å². The average molecular weight is 437 g/mol. The summed E-state index contributed by atoms with van der Waals surface area (Å²) in [6.07, 6.45) is 0. The van der Waals surface area contributed by atoms with E-state index in [1.807, 2.05) is 0 Å². The lowest BCUT2D eigenvalue weighted by atomic mass is 9.83. The molecule has 0 bridgehead atoms. The predicted octanol–water partition coefficient (Wildman–Crippen LogP) is 6.88. The van der Waals surface area contributed by atoms with Crippen LogP contribution in [0.2, 0.25) is 10.0 Å². The quantitative estimate of drug-likeness (QED) is 0.365. The molecule has 0 saturated carbocycles. The molecule has 0 amide bonds. The first kappa shape index (κ1) is 20.0. The Balaban J connectivity index is 2.36. The number of aromatic carboxylic acids is 2. The minimum Gasteiger partial charge on any atom is -0.478 e. The molecular weight excluding hydrogens is 423 g/mol. The molecule has 4 nitrogen and oxygen atoms in total. The first-order chi connectivity index (χ1) is 14.4. The van der Waals surface area contributed by atoms with Gasteiger partial charge < -0.3 is 10.2 Å². The summed E-state index contributed by atoms with van der Waals surface area (Å²) < 4.78 is 0. The zero-order valence-electron chi connectivity index (χ0n) is 15.4. The average Bonchev–Trinajstić information content (AvgIpc) is 2.73. The summed E-state index contributed by atoms with van der Waals surface area (Å²) in [7, 11) is 0. The van der Waals surface area contributed by atoms with Crippen LogP contribution in [-0.2, 0) is 0 Å². The standard InChI is InChI=1S/C24H14Cl2O4/c25-17-11-5-3-9-15(17)19-13-7-1-2-8-14(13)21(23(27)28)22(24(29)30)20(19)16-10-4-6-12-18(16)26/h1-12H,(H,27,28)(H,29,30). The van der Waals surface area contributed by atoms with E-state index >= 15 is 0 Å². The SMILES string of the molecule is O=C(O)c1c(-c2ccccc2Cl)c(-c2ccccc2Cl)c2ccccc2c1C(=O)O. The molecular formula is C24H14Cl2O4. The maximum absolute atomic E-state index is 12.4. The lowest BCUT2D eigenvalue weighted by Gasteiger charge is -2.21. The summed E-state index contributed by atoms with van der Waals surface area (Å²) in [5.41, 5.74) is 1.13. The highest BCUT2D eigenvalue weighted by atomic mass is 35.5. The van der Waals surface area contributed by atoms with Gasteiger partial charge >= 0.3 is 11.9 Å². The van der Waals surface area contributed by atoms with E-state index in [-0.39, 0.29) is 16.7 Å². The van der Waals surface area contributed by atoms with Crippen molar-refractivity contribution in [3.05, 3.63) is 94.0 Å². The number of carboxylic acid groups (broad SMARTS) is 2. The van der Waals surface area contributed by atoms with Gasteiger partial charge in [-0.3, -0.25) is 0 Å². The molecule has 0 heterocycles. The van der Waals surface area contributed by atoms with Crippen molar-refractivity contribution in [2.24, 2.45) is 0 Å². The molecule has 4 aromatic carbocycles. The van der Waals surface area contributed by atoms with Gasteiger partial charge in [0.25, 0.3) is 0 Å². The number of hydrogen-bond donors (Lipinski definition) is 2. The molecule has 4 aromatic rings. The number of carboxylic acids is 2. The Morgan fingerprint density at radius 3 is 1.50 bits per heavy atom. The van der Waals surface area contributed by atoms with E-state index in [0.29, 0.717) is 37.5 Å². The molecule has 0 radical (unpaired) electrons. The Morgan fingerprint density at radius 2 is 1.00 bits per heavy atom. The van der Waals surface area contributed by atoms with E-state index in [1.165, 1.54) is 0 Å². The molecule has 0 saturated heterocycles. The molecule has 0 atom stereocenters. The Hall–Kier alpha value is -3.34. The number of halogens is 2. The fourth-order valence-electron chi connectivity index (χ4n) is 3.75. The van der Waals surface area contributed by atoms with Crippen molar-refractivity contribution in [3.63, 3.8) is 0 Å². The minimum absolute atomic E-state index is 0.220. The van der Waals surface area contributed by atoms with E-state index in [9.17, 15) is 19.8 Å². The molecule has 6 heteroatoms. The molecule has 0 aliphatic heterocycles. The number of benzene rings is 4. The van der Waals surface area contributed by atoms with Crippen LogP contribution in [0.5, 0.6) is 0 Å². The van der Waals surface area contributed by atoms with Crippen LogP contribution in [0.15, 0.2) is 72.8 Å². The van der Waals surface area contributed by atoms with Crippen molar-refractivity contribution >= 4 is 45.9 Å². The van der Waals surface area contributed by atoms with Gasteiger partial charge in [0.2, 0.25) is 0 Å². The van der Waals surface area contributed by atoms with Gasteiger partial charge in [-0.15, -0.1) is 0 Å².